The minimum absolute atomic E-state index is 0. The molecule has 0 aliphatic heterocycles. The first-order valence-corrected chi connectivity index (χ1v) is 1.82. The van der Waals surface area contributed by atoms with Gasteiger partial charge in [-0.1, -0.05) is 37.5 Å². The Morgan fingerprint density at radius 1 is 0.857 bits per heavy atom. The van der Waals surface area contributed by atoms with Gasteiger partial charge in [-0.15, -0.1) is 17.0 Å². The van der Waals surface area contributed by atoms with Gasteiger partial charge in [-0.05, 0) is 0 Å². The minimum Gasteiger partial charge on any atom is -0.114 e. The van der Waals surface area contributed by atoms with Crippen LogP contribution in [-0.4, -0.2) is 0 Å². The van der Waals surface area contributed by atoms with Crippen LogP contribution in [-0.2, 0) is 0 Å². The van der Waals surface area contributed by atoms with Crippen molar-refractivity contribution in [2.24, 2.45) is 0 Å². The van der Waals surface area contributed by atoms with Crippen LogP contribution in [0, 0.1) is 0 Å². The summed E-state index contributed by atoms with van der Waals surface area (Å²) < 4.78 is 0. The third-order valence-corrected chi connectivity index (χ3v) is 0.383. The normalized spacial score (nSPS) is 7.43. The second kappa shape index (κ2) is 9.20. The molecule has 1 heteroatoms. The van der Waals surface area contributed by atoms with Crippen LogP contribution in [0.1, 0.15) is 0 Å². The zero-order valence-corrected chi connectivity index (χ0v) is 5.84. The zero-order chi connectivity index (χ0) is 4.83. The summed E-state index contributed by atoms with van der Waals surface area (Å²) in [7, 11) is 0. The van der Waals surface area contributed by atoms with Gasteiger partial charge in [-0.2, -0.15) is 0 Å². The monoisotopic (exact) mass is 160 g/mol. The molecule has 0 heterocycles. The van der Waals surface area contributed by atoms with E-state index in [1.165, 1.54) is 0 Å². The predicted octanol–water partition coefficient (Wildman–Crippen LogP) is 2.49. The highest BCUT2D eigenvalue weighted by Gasteiger charge is 1.47. The van der Waals surface area contributed by atoms with E-state index in [0.717, 1.165) is 0 Å². The quantitative estimate of drug-likeness (QED) is 0.545. The SMILES string of the molecule is Br.C=CC=CC=C. The van der Waals surface area contributed by atoms with E-state index in [4.69, 9.17) is 0 Å². The molecule has 0 saturated carbocycles. The molecule has 0 radical (unpaired) electrons. The summed E-state index contributed by atoms with van der Waals surface area (Å²) >= 11 is 0. The van der Waals surface area contributed by atoms with Gasteiger partial charge in [0, 0.05) is 0 Å². The molecular formula is C6H9Br. The first kappa shape index (κ1) is 9.85. The number of rotatable bonds is 2. The van der Waals surface area contributed by atoms with Crippen LogP contribution in [0.25, 0.3) is 0 Å². The topological polar surface area (TPSA) is 0 Å². The number of allylic oxidation sites excluding steroid dienone is 4. The van der Waals surface area contributed by atoms with E-state index in [1.807, 2.05) is 12.2 Å². The summed E-state index contributed by atoms with van der Waals surface area (Å²) in [6, 6.07) is 0. The molecule has 0 aromatic rings. The van der Waals surface area contributed by atoms with Crippen molar-refractivity contribution in [2.75, 3.05) is 0 Å². The molecule has 0 spiro atoms. The number of halogens is 1. The van der Waals surface area contributed by atoms with Crippen molar-refractivity contribution >= 4 is 17.0 Å². The Balaban J connectivity index is 0. The lowest BCUT2D eigenvalue weighted by atomic mass is 10.5. The maximum atomic E-state index is 3.46. The Morgan fingerprint density at radius 2 is 1.14 bits per heavy atom. The summed E-state index contributed by atoms with van der Waals surface area (Å²) in [4.78, 5) is 0. The molecule has 0 fully saturated rings. The summed E-state index contributed by atoms with van der Waals surface area (Å²) in [5.74, 6) is 0. The number of hydrogen-bond donors (Lipinski definition) is 0. The van der Waals surface area contributed by atoms with Gasteiger partial charge in [-0.3, -0.25) is 0 Å². The van der Waals surface area contributed by atoms with Gasteiger partial charge < -0.3 is 0 Å². The van der Waals surface area contributed by atoms with Crippen molar-refractivity contribution in [3.05, 3.63) is 37.5 Å². The molecule has 0 unspecified atom stereocenters. The van der Waals surface area contributed by atoms with E-state index >= 15 is 0 Å². The molecule has 0 saturated heterocycles. The van der Waals surface area contributed by atoms with Gasteiger partial charge in [0.1, 0.15) is 0 Å². The summed E-state index contributed by atoms with van der Waals surface area (Å²) in [5, 5.41) is 0. The van der Waals surface area contributed by atoms with Crippen molar-refractivity contribution in [2.45, 2.75) is 0 Å². The van der Waals surface area contributed by atoms with E-state index in [1.54, 1.807) is 12.2 Å². The molecule has 0 aliphatic carbocycles. The average molecular weight is 161 g/mol. The average Bonchev–Trinajstić information content (AvgIpc) is 1.61. The Bertz CT molecular complexity index is 62.2. The largest absolute Gasteiger partial charge is 0.114 e. The van der Waals surface area contributed by atoms with E-state index in [0.29, 0.717) is 0 Å². The molecular weight excluding hydrogens is 152 g/mol. The molecule has 0 rings (SSSR count). The summed E-state index contributed by atoms with van der Waals surface area (Å²) in [6.07, 6.45) is 7.07. The van der Waals surface area contributed by atoms with Crippen LogP contribution >= 0.6 is 17.0 Å². The highest BCUT2D eigenvalue weighted by atomic mass is 79.9. The molecule has 7 heavy (non-hydrogen) atoms. The zero-order valence-electron chi connectivity index (χ0n) is 4.13. The van der Waals surface area contributed by atoms with E-state index in [2.05, 4.69) is 13.2 Å². The lowest BCUT2D eigenvalue weighted by Crippen LogP contribution is -1.38. The predicted molar refractivity (Wildman–Crippen MR) is 39.9 cm³/mol. The van der Waals surface area contributed by atoms with Crippen molar-refractivity contribution in [3.63, 3.8) is 0 Å². The molecule has 0 aromatic carbocycles. The Morgan fingerprint density at radius 3 is 1.29 bits per heavy atom. The second-order valence-corrected chi connectivity index (χ2v) is 0.856. The maximum absolute atomic E-state index is 3.46. The van der Waals surface area contributed by atoms with Crippen LogP contribution in [0.5, 0.6) is 0 Å². The highest BCUT2D eigenvalue weighted by Crippen LogP contribution is 1.69. The van der Waals surface area contributed by atoms with Gasteiger partial charge in [0.05, 0.1) is 0 Å². The van der Waals surface area contributed by atoms with Gasteiger partial charge in [-0.25, -0.2) is 0 Å². The molecule has 40 valence electrons. The fourth-order valence-corrected chi connectivity index (χ4v) is 0.157. The van der Waals surface area contributed by atoms with Crippen molar-refractivity contribution < 1.29 is 0 Å². The molecule has 0 nitrogen and oxygen atoms in total. The van der Waals surface area contributed by atoms with Crippen LogP contribution in [0.3, 0.4) is 0 Å². The van der Waals surface area contributed by atoms with Crippen molar-refractivity contribution in [1.29, 1.82) is 0 Å². The fraction of sp³-hybridized carbons (Fsp3) is 0. The van der Waals surface area contributed by atoms with Gasteiger partial charge >= 0.3 is 0 Å². The first-order valence-electron chi connectivity index (χ1n) is 1.82. The van der Waals surface area contributed by atoms with Crippen molar-refractivity contribution in [1.82, 2.24) is 0 Å². The van der Waals surface area contributed by atoms with Crippen LogP contribution in [0.2, 0.25) is 0 Å². The molecule has 0 aromatic heterocycles. The summed E-state index contributed by atoms with van der Waals surface area (Å²) in [5.41, 5.74) is 0. The molecule has 0 atom stereocenters. The Hall–Kier alpha value is -0.300. The Labute approximate surface area is 55.0 Å². The standard InChI is InChI=1S/C6H8.BrH/c1-3-5-6-4-2;/h3-6H,1-2H2;1H. The lowest BCUT2D eigenvalue weighted by Gasteiger charge is -1.60. The highest BCUT2D eigenvalue weighted by molar-refractivity contribution is 8.93. The van der Waals surface area contributed by atoms with Crippen LogP contribution in [0.4, 0.5) is 0 Å². The van der Waals surface area contributed by atoms with E-state index in [-0.39, 0.29) is 17.0 Å². The summed E-state index contributed by atoms with van der Waals surface area (Å²) in [6.45, 7) is 6.93. The van der Waals surface area contributed by atoms with Gasteiger partial charge in [0.25, 0.3) is 0 Å². The lowest BCUT2D eigenvalue weighted by molar-refractivity contribution is 1.98. The Kier molecular flexibility index (Phi) is 12.9. The van der Waals surface area contributed by atoms with Gasteiger partial charge in [0.2, 0.25) is 0 Å². The molecule has 0 amide bonds. The van der Waals surface area contributed by atoms with Crippen LogP contribution in [0.15, 0.2) is 37.5 Å². The second-order valence-electron chi connectivity index (χ2n) is 0.856. The molecule has 0 bridgehead atoms. The first-order chi connectivity index (χ1) is 2.91. The van der Waals surface area contributed by atoms with E-state index in [9.17, 15) is 0 Å². The third kappa shape index (κ3) is 10.7. The number of hydrogen-bond acceptors (Lipinski definition) is 0. The minimum atomic E-state index is 0. The molecule has 0 aliphatic rings. The fourth-order valence-electron chi connectivity index (χ4n) is 0.157. The third-order valence-electron chi connectivity index (χ3n) is 0.383. The van der Waals surface area contributed by atoms with Crippen LogP contribution < -0.4 is 0 Å². The van der Waals surface area contributed by atoms with E-state index < -0.39 is 0 Å². The van der Waals surface area contributed by atoms with Crippen molar-refractivity contribution in [3.8, 4) is 0 Å². The van der Waals surface area contributed by atoms with Gasteiger partial charge in [0.15, 0.2) is 0 Å². The smallest absolute Gasteiger partial charge is 0.0629 e. The maximum Gasteiger partial charge on any atom is -0.0629 e. The molecule has 0 N–H and O–H groups in total.